The Morgan fingerprint density at radius 3 is 2.67 bits per heavy atom. The van der Waals surface area contributed by atoms with Gasteiger partial charge in [-0.05, 0) is 32.6 Å². The maximum Gasteiger partial charge on any atom is 0.191 e. The number of hydrogen-bond acceptors (Lipinski definition) is 3. The van der Waals surface area contributed by atoms with Crippen LogP contribution in [0.5, 0.6) is 0 Å². The first-order valence-electron chi connectivity index (χ1n) is 7.07. The van der Waals surface area contributed by atoms with Crippen molar-refractivity contribution in [3.05, 3.63) is 0 Å². The predicted octanol–water partition coefficient (Wildman–Crippen LogP) is 1.39. The van der Waals surface area contributed by atoms with Gasteiger partial charge in [0.2, 0.25) is 0 Å². The zero-order chi connectivity index (χ0) is 13.2. The summed E-state index contributed by atoms with van der Waals surface area (Å²) in [5.41, 5.74) is 0. The minimum absolute atomic E-state index is 0.845. The standard InChI is InChI=1S/C13H28N4S/c1-4-14-13(16-9-11-18-3)15-8-10-17(5-2)12-6-7-12/h12H,4-11H2,1-3H3,(H2,14,15,16). The second-order valence-corrected chi connectivity index (χ2v) is 5.53. The minimum Gasteiger partial charge on any atom is -0.357 e. The van der Waals surface area contributed by atoms with Gasteiger partial charge in [0, 0.05) is 31.4 Å². The second-order valence-electron chi connectivity index (χ2n) is 4.54. The number of hydrogen-bond donors (Lipinski definition) is 2. The fourth-order valence-corrected chi connectivity index (χ4v) is 2.25. The molecular weight excluding hydrogens is 244 g/mol. The summed E-state index contributed by atoms with van der Waals surface area (Å²) in [5, 5.41) is 6.65. The second kappa shape index (κ2) is 9.50. The Morgan fingerprint density at radius 2 is 2.11 bits per heavy atom. The monoisotopic (exact) mass is 272 g/mol. The molecule has 0 bridgehead atoms. The third kappa shape index (κ3) is 6.50. The average Bonchev–Trinajstić information content (AvgIpc) is 3.19. The summed E-state index contributed by atoms with van der Waals surface area (Å²) < 4.78 is 0. The van der Waals surface area contributed by atoms with Crippen molar-refractivity contribution in [3.8, 4) is 0 Å². The van der Waals surface area contributed by atoms with Crippen LogP contribution in [-0.4, -0.2) is 61.6 Å². The molecule has 0 spiro atoms. The van der Waals surface area contributed by atoms with E-state index >= 15 is 0 Å². The maximum absolute atomic E-state index is 4.63. The van der Waals surface area contributed by atoms with E-state index in [2.05, 4.69) is 40.6 Å². The summed E-state index contributed by atoms with van der Waals surface area (Å²) >= 11 is 1.85. The molecule has 5 heteroatoms. The van der Waals surface area contributed by atoms with E-state index in [1.165, 1.54) is 12.8 Å². The molecule has 2 N–H and O–H groups in total. The summed E-state index contributed by atoms with van der Waals surface area (Å²) in [6.45, 7) is 9.37. The van der Waals surface area contributed by atoms with Crippen molar-refractivity contribution >= 4 is 17.7 Å². The minimum atomic E-state index is 0.845. The third-order valence-corrected chi connectivity index (χ3v) is 3.68. The van der Waals surface area contributed by atoms with E-state index < -0.39 is 0 Å². The third-order valence-electron chi connectivity index (χ3n) is 3.07. The SMILES string of the molecule is CCNC(=NCCN(CC)C1CC1)NCCSC. The number of guanidine groups is 1. The van der Waals surface area contributed by atoms with E-state index in [0.717, 1.165) is 50.5 Å². The molecule has 1 rings (SSSR count). The molecule has 1 aliphatic carbocycles. The van der Waals surface area contributed by atoms with Crippen LogP contribution >= 0.6 is 11.8 Å². The van der Waals surface area contributed by atoms with Crippen molar-refractivity contribution < 1.29 is 0 Å². The van der Waals surface area contributed by atoms with Crippen LogP contribution in [0.1, 0.15) is 26.7 Å². The van der Waals surface area contributed by atoms with Gasteiger partial charge in [-0.3, -0.25) is 9.89 Å². The largest absolute Gasteiger partial charge is 0.357 e. The molecule has 1 saturated carbocycles. The summed E-state index contributed by atoms with van der Waals surface area (Å²) in [7, 11) is 0. The molecule has 106 valence electrons. The van der Waals surface area contributed by atoms with Crippen molar-refractivity contribution in [2.24, 2.45) is 4.99 Å². The average molecular weight is 272 g/mol. The number of rotatable bonds is 9. The lowest BCUT2D eigenvalue weighted by Gasteiger charge is -2.18. The van der Waals surface area contributed by atoms with E-state index in [9.17, 15) is 0 Å². The number of nitrogens with zero attached hydrogens (tertiary/aromatic N) is 2. The normalized spacial score (nSPS) is 16.1. The molecule has 0 radical (unpaired) electrons. The molecule has 0 aromatic heterocycles. The lowest BCUT2D eigenvalue weighted by molar-refractivity contribution is 0.286. The molecule has 0 aromatic carbocycles. The molecule has 0 amide bonds. The highest BCUT2D eigenvalue weighted by molar-refractivity contribution is 7.98. The molecule has 1 aliphatic rings. The van der Waals surface area contributed by atoms with Crippen LogP contribution in [0.25, 0.3) is 0 Å². The van der Waals surface area contributed by atoms with Crippen molar-refractivity contribution in [2.75, 3.05) is 44.7 Å². The van der Waals surface area contributed by atoms with Gasteiger partial charge in [0.15, 0.2) is 5.96 Å². The quantitative estimate of drug-likeness (QED) is 0.378. The molecule has 1 fully saturated rings. The molecule has 0 heterocycles. The van der Waals surface area contributed by atoms with Gasteiger partial charge in [-0.1, -0.05) is 6.92 Å². The van der Waals surface area contributed by atoms with Gasteiger partial charge in [0.25, 0.3) is 0 Å². The molecule has 0 saturated heterocycles. The van der Waals surface area contributed by atoms with Crippen LogP contribution in [0.4, 0.5) is 0 Å². The zero-order valence-electron chi connectivity index (χ0n) is 12.0. The van der Waals surface area contributed by atoms with Crippen LogP contribution in [-0.2, 0) is 0 Å². The van der Waals surface area contributed by atoms with Crippen LogP contribution in [0.15, 0.2) is 4.99 Å². The van der Waals surface area contributed by atoms with E-state index in [4.69, 9.17) is 0 Å². The van der Waals surface area contributed by atoms with Crippen molar-refractivity contribution in [3.63, 3.8) is 0 Å². The van der Waals surface area contributed by atoms with Crippen LogP contribution in [0.2, 0.25) is 0 Å². The molecule has 0 aliphatic heterocycles. The van der Waals surface area contributed by atoms with Gasteiger partial charge in [-0.2, -0.15) is 11.8 Å². The molecule has 0 aromatic rings. The van der Waals surface area contributed by atoms with Crippen molar-refractivity contribution in [2.45, 2.75) is 32.7 Å². The Labute approximate surface area is 116 Å². The highest BCUT2D eigenvalue weighted by atomic mass is 32.2. The first-order valence-corrected chi connectivity index (χ1v) is 8.46. The smallest absolute Gasteiger partial charge is 0.191 e. The van der Waals surface area contributed by atoms with Crippen molar-refractivity contribution in [1.82, 2.24) is 15.5 Å². The summed E-state index contributed by atoms with van der Waals surface area (Å²) in [6.07, 6.45) is 4.88. The topological polar surface area (TPSA) is 39.7 Å². The zero-order valence-corrected chi connectivity index (χ0v) is 12.9. The first kappa shape index (κ1) is 15.6. The lowest BCUT2D eigenvalue weighted by atomic mass is 10.4. The molecular formula is C13H28N4S. The predicted molar refractivity (Wildman–Crippen MR) is 82.6 cm³/mol. The van der Waals surface area contributed by atoms with Crippen LogP contribution in [0, 0.1) is 0 Å². The van der Waals surface area contributed by atoms with E-state index in [1.807, 2.05) is 11.8 Å². The van der Waals surface area contributed by atoms with Gasteiger partial charge >= 0.3 is 0 Å². The van der Waals surface area contributed by atoms with Gasteiger partial charge < -0.3 is 10.6 Å². The Balaban J connectivity index is 2.24. The first-order chi connectivity index (χ1) is 8.81. The molecule has 18 heavy (non-hydrogen) atoms. The molecule has 4 nitrogen and oxygen atoms in total. The molecule has 0 atom stereocenters. The van der Waals surface area contributed by atoms with Crippen LogP contribution in [0.3, 0.4) is 0 Å². The molecule has 0 unspecified atom stereocenters. The van der Waals surface area contributed by atoms with E-state index in [1.54, 1.807) is 0 Å². The Bertz CT molecular complexity index is 241. The van der Waals surface area contributed by atoms with Crippen molar-refractivity contribution in [1.29, 1.82) is 0 Å². The summed E-state index contributed by atoms with van der Waals surface area (Å²) in [6, 6.07) is 0.845. The van der Waals surface area contributed by atoms with Crippen LogP contribution < -0.4 is 10.6 Å². The van der Waals surface area contributed by atoms with Gasteiger partial charge in [-0.25, -0.2) is 0 Å². The lowest BCUT2D eigenvalue weighted by Crippen LogP contribution is -2.39. The number of thioether (sulfide) groups is 1. The van der Waals surface area contributed by atoms with Gasteiger partial charge in [0.05, 0.1) is 6.54 Å². The maximum atomic E-state index is 4.63. The van der Waals surface area contributed by atoms with Gasteiger partial charge in [-0.15, -0.1) is 0 Å². The van der Waals surface area contributed by atoms with Gasteiger partial charge in [0.1, 0.15) is 0 Å². The number of aliphatic imine (C=N–C) groups is 1. The van der Waals surface area contributed by atoms with E-state index in [0.29, 0.717) is 0 Å². The number of likely N-dealkylation sites (N-methyl/N-ethyl adjacent to an activating group) is 1. The number of nitrogens with one attached hydrogen (secondary N) is 2. The Kier molecular flexibility index (Phi) is 8.25. The summed E-state index contributed by atoms with van der Waals surface area (Å²) in [5.74, 6) is 2.08. The highest BCUT2D eigenvalue weighted by Crippen LogP contribution is 2.25. The fraction of sp³-hybridized carbons (Fsp3) is 0.923. The highest BCUT2D eigenvalue weighted by Gasteiger charge is 2.26. The van der Waals surface area contributed by atoms with E-state index in [-0.39, 0.29) is 0 Å². The Hall–Kier alpha value is -0.420. The Morgan fingerprint density at radius 1 is 1.33 bits per heavy atom. The summed E-state index contributed by atoms with van der Waals surface area (Å²) in [4.78, 5) is 7.16. The fourth-order valence-electron chi connectivity index (χ4n) is 1.94.